The molecule has 9 nitrogen and oxygen atoms in total. The summed E-state index contributed by atoms with van der Waals surface area (Å²) in [6.45, 7) is 1.27. The van der Waals surface area contributed by atoms with E-state index < -0.39 is 34.8 Å². The maximum Gasteiger partial charge on any atom is 0.338 e. The molecule has 0 radical (unpaired) electrons. The van der Waals surface area contributed by atoms with Gasteiger partial charge in [-0.25, -0.2) is 4.79 Å². The van der Waals surface area contributed by atoms with Gasteiger partial charge in [0.1, 0.15) is 6.07 Å². The van der Waals surface area contributed by atoms with Crippen LogP contribution in [0.1, 0.15) is 30.0 Å². The van der Waals surface area contributed by atoms with Gasteiger partial charge in [0.2, 0.25) is 0 Å². The second-order valence-corrected chi connectivity index (χ2v) is 8.25. The highest BCUT2D eigenvalue weighted by atomic mass is 35.5. The van der Waals surface area contributed by atoms with Gasteiger partial charge in [-0.3, -0.25) is 9.10 Å². The van der Waals surface area contributed by atoms with Crippen molar-refractivity contribution in [2.45, 2.75) is 25.8 Å². The summed E-state index contributed by atoms with van der Waals surface area (Å²) in [5.74, 6) is -1.33. The first-order valence-corrected chi connectivity index (χ1v) is 10.4. The van der Waals surface area contributed by atoms with E-state index in [1.54, 1.807) is 24.3 Å². The molecule has 1 N–H and O–H groups in total. The lowest BCUT2D eigenvalue weighted by Gasteiger charge is -2.32. The molecule has 0 saturated carbocycles. The molecule has 1 atom stereocenters. The zero-order chi connectivity index (χ0) is 21.6. The van der Waals surface area contributed by atoms with Gasteiger partial charge in [-0.1, -0.05) is 23.7 Å². The Morgan fingerprint density at radius 1 is 1.38 bits per heavy atom. The van der Waals surface area contributed by atoms with Crippen molar-refractivity contribution < 1.29 is 27.5 Å². The van der Waals surface area contributed by atoms with Crippen molar-refractivity contribution in [3.05, 3.63) is 46.1 Å². The van der Waals surface area contributed by atoms with E-state index in [4.69, 9.17) is 21.6 Å². The summed E-state index contributed by atoms with van der Waals surface area (Å²) < 4.78 is 38.1. The third-order valence-corrected chi connectivity index (χ3v) is 5.89. The van der Waals surface area contributed by atoms with E-state index in [9.17, 15) is 18.0 Å². The van der Waals surface area contributed by atoms with E-state index in [1.165, 1.54) is 7.11 Å². The number of hydrogen-bond donors (Lipinski definition) is 1. The molecule has 0 amide bonds. The van der Waals surface area contributed by atoms with Crippen molar-refractivity contribution in [3.8, 4) is 6.07 Å². The van der Waals surface area contributed by atoms with Crippen LogP contribution in [0.15, 0.2) is 30.0 Å². The molecule has 1 unspecified atom stereocenters. The number of hydrogen-bond acceptors (Lipinski definition) is 7. The maximum atomic E-state index is 12.7. The number of nitrogens with zero attached hydrogens (tertiary/aromatic N) is 2. The maximum absolute atomic E-state index is 12.7. The van der Waals surface area contributed by atoms with Crippen molar-refractivity contribution in [1.29, 1.82) is 5.26 Å². The van der Waals surface area contributed by atoms with E-state index in [0.717, 1.165) is 16.1 Å². The average molecular weight is 442 g/mol. The molecule has 29 heavy (non-hydrogen) atoms. The van der Waals surface area contributed by atoms with E-state index in [-0.39, 0.29) is 30.0 Å². The quantitative estimate of drug-likeness (QED) is 0.638. The summed E-state index contributed by atoms with van der Waals surface area (Å²) in [5.41, 5.74) is 1.20. The number of carbonyl (C=O) groups excluding carboxylic acids is 2. The second-order valence-electron chi connectivity index (χ2n) is 6.19. The van der Waals surface area contributed by atoms with Crippen LogP contribution in [0.2, 0.25) is 5.02 Å². The Morgan fingerprint density at radius 3 is 2.72 bits per heavy atom. The summed E-state index contributed by atoms with van der Waals surface area (Å²) in [5, 5.41) is 8.94. The van der Waals surface area contributed by atoms with Crippen LogP contribution in [0, 0.1) is 18.3 Å². The third-order valence-electron chi connectivity index (χ3n) is 4.13. The lowest BCUT2D eigenvalue weighted by Crippen LogP contribution is -2.46. The van der Waals surface area contributed by atoms with Gasteiger partial charge in [0, 0.05) is 24.2 Å². The Bertz CT molecular complexity index is 970. The van der Waals surface area contributed by atoms with Gasteiger partial charge in [-0.05, 0) is 30.5 Å². The molecular formula is C18H20ClN3O6S. The average Bonchev–Trinajstić information content (AvgIpc) is 2.66. The van der Waals surface area contributed by atoms with Crippen molar-refractivity contribution in [2.75, 3.05) is 20.3 Å². The number of ether oxygens (including phenoxy) is 2. The van der Waals surface area contributed by atoms with E-state index in [2.05, 4.69) is 9.46 Å². The molecule has 0 fully saturated rings. The van der Waals surface area contributed by atoms with Crippen molar-refractivity contribution in [1.82, 2.24) is 9.03 Å². The smallest absolute Gasteiger partial charge is 0.338 e. The first kappa shape index (κ1) is 22.7. The van der Waals surface area contributed by atoms with E-state index in [0.29, 0.717) is 5.56 Å². The van der Waals surface area contributed by atoms with Crippen LogP contribution in [0.3, 0.4) is 0 Å². The minimum atomic E-state index is -4.02. The number of carbonyl (C=O) groups is 2. The highest BCUT2D eigenvalue weighted by Gasteiger charge is 2.37. The minimum Gasteiger partial charge on any atom is -0.469 e. The largest absolute Gasteiger partial charge is 0.469 e. The molecular weight excluding hydrogens is 422 g/mol. The van der Waals surface area contributed by atoms with E-state index >= 15 is 0 Å². The minimum absolute atomic E-state index is 0.0117. The Morgan fingerprint density at radius 2 is 2.10 bits per heavy atom. The number of aryl methyl sites for hydroxylation is 1. The summed E-state index contributed by atoms with van der Waals surface area (Å²) in [6, 6.07) is 5.60. The number of rotatable bonds is 7. The Kier molecular flexibility index (Phi) is 7.61. The molecule has 0 aromatic heterocycles. The van der Waals surface area contributed by atoms with Crippen LogP contribution >= 0.6 is 11.6 Å². The van der Waals surface area contributed by atoms with Gasteiger partial charge in [0.15, 0.2) is 6.61 Å². The summed E-state index contributed by atoms with van der Waals surface area (Å²) >= 11 is 6.27. The molecule has 0 saturated heterocycles. The molecule has 156 valence electrons. The second kappa shape index (κ2) is 9.73. The Balaban J connectivity index is 2.40. The highest BCUT2D eigenvalue weighted by molar-refractivity contribution is 7.87. The fourth-order valence-corrected chi connectivity index (χ4v) is 4.35. The van der Waals surface area contributed by atoms with Gasteiger partial charge in [0.05, 0.1) is 18.7 Å². The molecule has 0 spiro atoms. The summed E-state index contributed by atoms with van der Waals surface area (Å²) in [4.78, 5) is 23.8. The summed E-state index contributed by atoms with van der Waals surface area (Å²) in [7, 11) is -2.78. The third kappa shape index (κ3) is 5.69. The molecule has 1 aromatic rings. The van der Waals surface area contributed by atoms with Crippen molar-refractivity contribution in [3.63, 3.8) is 0 Å². The van der Waals surface area contributed by atoms with Crippen LogP contribution in [0.5, 0.6) is 0 Å². The van der Waals surface area contributed by atoms with Gasteiger partial charge in [0.25, 0.3) is 0 Å². The number of nitrogens with one attached hydrogen (secondary N) is 1. The van der Waals surface area contributed by atoms with Crippen LogP contribution in [0.25, 0.3) is 0 Å². The Labute approximate surface area is 174 Å². The lowest BCUT2D eigenvalue weighted by molar-refractivity contribution is -0.141. The number of esters is 2. The normalized spacial score (nSPS) is 17.8. The number of halogens is 1. The van der Waals surface area contributed by atoms with E-state index in [1.807, 2.05) is 6.92 Å². The molecule has 11 heteroatoms. The molecule has 0 aliphatic carbocycles. The van der Waals surface area contributed by atoms with Crippen molar-refractivity contribution >= 4 is 33.7 Å². The topological polar surface area (TPSA) is 126 Å². The first-order valence-electron chi connectivity index (χ1n) is 8.57. The zero-order valence-electron chi connectivity index (χ0n) is 15.8. The highest BCUT2D eigenvalue weighted by Crippen LogP contribution is 2.33. The number of methoxy groups -OCH3 is 1. The van der Waals surface area contributed by atoms with Crippen molar-refractivity contribution in [2.24, 2.45) is 0 Å². The first-order chi connectivity index (χ1) is 13.7. The van der Waals surface area contributed by atoms with Crippen LogP contribution in [0.4, 0.5) is 0 Å². The molecule has 1 aliphatic heterocycles. The Hall–Kier alpha value is -2.61. The van der Waals surface area contributed by atoms with Gasteiger partial charge in [-0.2, -0.15) is 18.4 Å². The summed E-state index contributed by atoms with van der Waals surface area (Å²) in [6.07, 6.45) is 1.34. The predicted molar refractivity (Wildman–Crippen MR) is 104 cm³/mol. The van der Waals surface area contributed by atoms with Crippen LogP contribution in [-0.4, -0.2) is 44.9 Å². The number of nitriles is 1. The fraction of sp³-hybridized carbons (Fsp3) is 0.389. The monoisotopic (exact) mass is 441 g/mol. The molecule has 1 aliphatic rings. The van der Waals surface area contributed by atoms with Gasteiger partial charge < -0.3 is 9.47 Å². The standard InChI is InChI=1S/C18H20ClN3O6S/c1-12-5-6-13(15(19)10-12)17-14(18(24)28-9-7-20)11-22(29(25,26)21-17)8-3-4-16(23)27-2/h5-6,10-11,17,21H,3-4,8-9H2,1-2H3. The zero-order valence-corrected chi connectivity index (χ0v) is 17.4. The van der Waals surface area contributed by atoms with Gasteiger partial charge >= 0.3 is 22.1 Å². The fourth-order valence-electron chi connectivity index (χ4n) is 2.69. The SMILES string of the molecule is COC(=O)CCCN1C=C(C(=O)OCC#N)C(c2ccc(C)cc2Cl)NS1(=O)=O. The molecule has 1 heterocycles. The number of benzene rings is 1. The molecule has 1 aromatic carbocycles. The van der Waals surface area contributed by atoms with Crippen LogP contribution < -0.4 is 4.72 Å². The predicted octanol–water partition coefficient (Wildman–Crippen LogP) is 1.74. The van der Waals surface area contributed by atoms with Crippen LogP contribution in [-0.2, 0) is 29.3 Å². The molecule has 0 bridgehead atoms. The lowest BCUT2D eigenvalue weighted by atomic mass is 9.99. The molecule has 2 rings (SSSR count). The van der Waals surface area contributed by atoms with Gasteiger partial charge in [-0.15, -0.1) is 0 Å².